The van der Waals surface area contributed by atoms with Gasteiger partial charge in [0.2, 0.25) is 5.82 Å². The van der Waals surface area contributed by atoms with Crippen molar-refractivity contribution in [1.82, 2.24) is 0 Å². The van der Waals surface area contributed by atoms with Gasteiger partial charge in [0.15, 0.2) is 23.2 Å². The van der Waals surface area contributed by atoms with E-state index in [9.17, 15) is 26.3 Å². The summed E-state index contributed by atoms with van der Waals surface area (Å²) in [5, 5.41) is 0. The predicted molar refractivity (Wildman–Crippen MR) is 94.8 cm³/mol. The van der Waals surface area contributed by atoms with Crippen LogP contribution < -0.4 is 4.74 Å². The molecule has 0 saturated heterocycles. The Labute approximate surface area is 159 Å². The van der Waals surface area contributed by atoms with Crippen molar-refractivity contribution in [2.24, 2.45) is 0 Å². The first-order valence-electron chi connectivity index (χ1n) is 8.84. The van der Waals surface area contributed by atoms with E-state index < -0.39 is 35.8 Å². The Morgan fingerprint density at radius 1 is 0.821 bits per heavy atom. The molecule has 0 atom stereocenters. The van der Waals surface area contributed by atoms with Gasteiger partial charge < -0.3 is 4.74 Å². The van der Waals surface area contributed by atoms with E-state index in [1.165, 1.54) is 24.3 Å². The molecule has 0 bridgehead atoms. The topological polar surface area (TPSA) is 9.23 Å². The van der Waals surface area contributed by atoms with Gasteiger partial charge in [0.05, 0.1) is 6.61 Å². The van der Waals surface area contributed by atoms with Crippen molar-refractivity contribution in [3.63, 3.8) is 0 Å². The quantitative estimate of drug-likeness (QED) is 0.455. The van der Waals surface area contributed by atoms with E-state index in [1.54, 1.807) is 6.92 Å². The van der Waals surface area contributed by atoms with Crippen LogP contribution in [-0.4, -0.2) is 13.3 Å². The van der Waals surface area contributed by atoms with Crippen LogP contribution in [0.1, 0.15) is 30.0 Å². The van der Waals surface area contributed by atoms with Crippen molar-refractivity contribution < 1.29 is 31.1 Å². The molecule has 0 aliphatic carbocycles. The first-order chi connectivity index (χ1) is 13.4. The second kappa shape index (κ2) is 10.2. The van der Waals surface area contributed by atoms with E-state index in [0.717, 1.165) is 6.08 Å². The van der Waals surface area contributed by atoms with Crippen LogP contribution in [0.2, 0.25) is 0 Å². The number of benzene rings is 2. The van der Waals surface area contributed by atoms with Crippen LogP contribution in [0.5, 0.6) is 5.75 Å². The maximum Gasteiger partial charge on any atom is 0.200 e. The summed E-state index contributed by atoms with van der Waals surface area (Å²) in [5.41, 5.74) is 0.0690. The van der Waals surface area contributed by atoms with Gasteiger partial charge >= 0.3 is 0 Å². The van der Waals surface area contributed by atoms with Crippen LogP contribution in [0, 0.1) is 23.3 Å². The molecule has 152 valence electrons. The molecular weight excluding hydrogens is 382 g/mol. The van der Waals surface area contributed by atoms with Crippen LogP contribution >= 0.6 is 0 Å². The Bertz CT molecular complexity index is 847. The number of alkyl halides is 1. The zero-order valence-corrected chi connectivity index (χ0v) is 15.3. The maximum atomic E-state index is 14.2. The molecular formula is C21H20F6O. The highest BCUT2D eigenvalue weighted by Gasteiger charge is 2.17. The van der Waals surface area contributed by atoms with Gasteiger partial charge in [-0.2, -0.15) is 4.39 Å². The molecule has 0 unspecified atom stereocenters. The lowest BCUT2D eigenvalue weighted by Crippen LogP contribution is -2.04. The minimum atomic E-state index is -1.24. The van der Waals surface area contributed by atoms with Crippen LogP contribution in [0.15, 0.2) is 36.2 Å². The molecule has 0 radical (unpaired) electrons. The average molecular weight is 402 g/mol. The summed E-state index contributed by atoms with van der Waals surface area (Å²) in [6.45, 7) is 0.585. The number of allylic oxidation sites excluding steroid dienone is 2. The maximum absolute atomic E-state index is 14.2. The standard InChI is InChI=1S/C21H20F6O/c1-2-28-17-11-10-15(20(26)21(17)27)9-8-14-7-6-13(18(24)19(14)25)4-3-5-16(23)12-22/h5-7,10-11H,2-4,8-9,12H2,1H3. The molecule has 0 fully saturated rings. The monoisotopic (exact) mass is 402 g/mol. The molecule has 0 aromatic heterocycles. The second-order valence-corrected chi connectivity index (χ2v) is 6.12. The SMILES string of the molecule is CCOc1ccc(CCc2ccc(CCC=C(F)CF)c(F)c2F)c(F)c1F. The molecule has 2 aromatic rings. The van der Waals surface area contributed by atoms with Gasteiger partial charge in [-0.3, -0.25) is 0 Å². The third-order valence-corrected chi connectivity index (χ3v) is 4.24. The summed E-state index contributed by atoms with van der Waals surface area (Å²) in [4.78, 5) is 0. The lowest BCUT2D eigenvalue weighted by molar-refractivity contribution is 0.313. The van der Waals surface area contributed by atoms with Gasteiger partial charge in [-0.15, -0.1) is 0 Å². The normalized spacial score (nSPS) is 11.8. The number of halogens is 6. The summed E-state index contributed by atoms with van der Waals surface area (Å²) in [7, 11) is 0. The van der Waals surface area contributed by atoms with Crippen molar-refractivity contribution in [3.8, 4) is 5.75 Å². The number of rotatable bonds is 9. The van der Waals surface area contributed by atoms with E-state index in [4.69, 9.17) is 4.74 Å². The first-order valence-corrected chi connectivity index (χ1v) is 8.84. The number of ether oxygens (including phenoxy) is 1. The van der Waals surface area contributed by atoms with Crippen LogP contribution in [0.3, 0.4) is 0 Å². The Morgan fingerprint density at radius 2 is 1.32 bits per heavy atom. The Kier molecular flexibility index (Phi) is 7.96. The minimum absolute atomic E-state index is 0.00911. The number of hydrogen-bond donors (Lipinski definition) is 0. The number of aryl methyl sites for hydroxylation is 3. The van der Waals surface area contributed by atoms with Crippen LogP contribution in [-0.2, 0) is 19.3 Å². The van der Waals surface area contributed by atoms with Crippen molar-refractivity contribution in [3.05, 3.63) is 76.1 Å². The van der Waals surface area contributed by atoms with Gasteiger partial charge in [-0.25, -0.2) is 22.0 Å². The lowest BCUT2D eigenvalue weighted by atomic mass is 10.00. The molecule has 1 nitrogen and oxygen atoms in total. The van der Waals surface area contributed by atoms with E-state index >= 15 is 0 Å². The highest BCUT2D eigenvalue weighted by atomic mass is 19.2. The van der Waals surface area contributed by atoms with Crippen LogP contribution in [0.25, 0.3) is 0 Å². The summed E-state index contributed by atoms with van der Waals surface area (Å²) >= 11 is 0. The molecule has 2 rings (SSSR count). The zero-order chi connectivity index (χ0) is 20.7. The van der Waals surface area contributed by atoms with E-state index in [2.05, 4.69) is 0 Å². The third kappa shape index (κ3) is 5.30. The Balaban J connectivity index is 2.09. The molecule has 0 spiro atoms. The zero-order valence-electron chi connectivity index (χ0n) is 15.3. The van der Waals surface area contributed by atoms with Crippen molar-refractivity contribution in [2.45, 2.75) is 32.6 Å². The highest BCUT2D eigenvalue weighted by Crippen LogP contribution is 2.25. The average Bonchev–Trinajstić information content (AvgIpc) is 2.69. The molecule has 0 saturated carbocycles. The smallest absolute Gasteiger partial charge is 0.200 e. The van der Waals surface area contributed by atoms with Gasteiger partial charge in [-0.05, 0) is 61.4 Å². The van der Waals surface area contributed by atoms with Gasteiger partial charge in [0.25, 0.3) is 0 Å². The highest BCUT2D eigenvalue weighted by molar-refractivity contribution is 5.33. The summed E-state index contributed by atoms with van der Waals surface area (Å²) in [6.07, 6.45) is 0.949. The van der Waals surface area contributed by atoms with Crippen molar-refractivity contribution in [2.75, 3.05) is 13.3 Å². The molecule has 0 aliphatic rings. The van der Waals surface area contributed by atoms with E-state index in [0.29, 0.717) is 0 Å². The molecule has 2 aromatic carbocycles. The van der Waals surface area contributed by atoms with Crippen LogP contribution in [0.4, 0.5) is 26.3 Å². The lowest BCUT2D eigenvalue weighted by Gasteiger charge is -2.10. The summed E-state index contributed by atoms with van der Waals surface area (Å²) in [5.74, 6) is -5.52. The summed E-state index contributed by atoms with van der Waals surface area (Å²) < 4.78 is 86.1. The fraction of sp³-hybridized carbons (Fsp3) is 0.333. The fourth-order valence-corrected chi connectivity index (χ4v) is 2.76. The first kappa shape index (κ1) is 21.9. The molecule has 0 amide bonds. The van der Waals surface area contributed by atoms with Gasteiger partial charge in [0.1, 0.15) is 12.5 Å². The minimum Gasteiger partial charge on any atom is -0.491 e. The molecule has 0 heterocycles. The van der Waals surface area contributed by atoms with Crippen molar-refractivity contribution >= 4 is 0 Å². The van der Waals surface area contributed by atoms with Gasteiger partial charge in [-0.1, -0.05) is 18.2 Å². The fourth-order valence-electron chi connectivity index (χ4n) is 2.76. The summed E-state index contributed by atoms with van der Waals surface area (Å²) in [6, 6.07) is 5.34. The van der Waals surface area contributed by atoms with E-state index in [1.807, 2.05) is 0 Å². The molecule has 0 N–H and O–H groups in total. The Morgan fingerprint density at radius 3 is 1.86 bits per heavy atom. The Hall–Kier alpha value is -2.44. The second-order valence-electron chi connectivity index (χ2n) is 6.12. The predicted octanol–water partition coefficient (Wildman–Crippen LogP) is 6.18. The van der Waals surface area contributed by atoms with Crippen molar-refractivity contribution in [1.29, 1.82) is 0 Å². The largest absolute Gasteiger partial charge is 0.491 e. The number of hydrogen-bond acceptors (Lipinski definition) is 1. The molecule has 7 heteroatoms. The van der Waals surface area contributed by atoms with E-state index in [-0.39, 0.29) is 54.7 Å². The molecule has 28 heavy (non-hydrogen) atoms. The molecule has 0 aliphatic heterocycles. The van der Waals surface area contributed by atoms with Gasteiger partial charge in [0, 0.05) is 0 Å². The third-order valence-electron chi connectivity index (χ3n) is 4.24.